The van der Waals surface area contributed by atoms with Crippen LogP contribution in [-0.4, -0.2) is 12.1 Å². The minimum Gasteiger partial charge on any atom is -0.311 e. The van der Waals surface area contributed by atoms with E-state index in [1.807, 2.05) is 0 Å². The van der Waals surface area contributed by atoms with E-state index in [0.717, 1.165) is 28.9 Å². The van der Waals surface area contributed by atoms with Crippen molar-refractivity contribution in [3.05, 3.63) is 34.1 Å². The number of benzene rings is 1. The lowest BCUT2D eigenvalue weighted by molar-refractivity contribution is 0.270. The molecule has 0 spiro atoms. The molecule has 1 N–H and O–H groups in total. The van der Waals surface area contributed by atoms with Gasteiger partial charge < -0.3 is 5.32 Å². The standard InChI is InChI=1S/C16H21BrFN/c17-14-8-12(9-15(18)10-14)11-16(13-4-5-13)6-2-1-3-7-19-16/h8-10,13,19H,1-7,11H2. The molecule has 3 heteroatoms. The van der Waals surface area contributed by atoms with Crippen molar-refractivity contribution in [2.45, 2.75) is 50.5 Å². The highest BCUT2D eigenvalue weighted by atomic mass is 79.9. The van der Waals surface area contributed by atoms with Crippen LogP contribution in [0.1, 0.15) is 44.1 Å². The van der Waals surface area contributed by atoms with Crippen LogP contribution in [0.3, 0.4) is 0 Å². The zero-order valence-corrected chi connectivity index (χ0v) is 12.8. The first-order valence-corrected chi connectivity index (χ1v) is 8.17. The van der Waals surface area contributed by atoms with E-state index >= 15 is 0 Å². The fourth-order valence-corrected chi connectivity index (χ4v) is 4.04. The van der Waals surface area contributed by atoms with Crippen LogP contribution in [-0.2, 0) is 6.42 Å². The zero-order valence-electron chi connectivity index (χ0n) is 11.2. The van der Waals surface area contributed by atoms with E-state index in [9.17, 15) is 4.39 Å². The molecule has 0 amide bonds. The van der Waals surface area contributed by atoms with Crippen molar-refractivity contribution in [3.63, 3.8) is 0 Å². The summed E-state index contributed by atoms with van der Waals surface area (Å²) in [6.45, 7) is 1.12. The molecular weight excluding hydrogens is 305 g/mol. The van der Waals surface area contributed by atoms with Crippen molar-refractivity contribution in [1.82, 2.24) is 5.32 Å². The first-order valence-electron chi connectivity index (χ1n) is 7.38. The summed E-state index contributed by atoms with van der Waals surface area (Å²) >= 11 is 3.40. The number of nitrogens with one attached hydrogen (secondary N) is 1. The van der Waals surface area contributed by atoms with Crippen LogP contribution in [0.2, 0.25) is 0 Å². The van der Waals surface area contributed by atoms with E-state index in [1.54, 1.807) is 6.07 Å². The van der Waals surface area contributed by atoms with Crippen molar-refractivity contribution in [2.24, 2.45) is 5.92 Å². The van der Waals surface area contributed by atoms with Gasteiger partial charge in [-0.2, -0.15) is 0 Å². The third-order valence-electron chi connectivity index (χ3n) is 4.58. The molecule has 104 valence electrons. The largest absolute Gasteiger partial charge is 0.311 e. The Balaban J connectivity index is 1.84. The predicted molar refractivity (Wildman–Crippen MR) is 79.7 cm³/mol. The Bertz CT molecular complexity index is 428. The fourth-order valence-electron chi connectivity index (χ4n) is 3.52. The van der Waals surface area contributed by atoms with Gasteiger partial charge in [0.25, 0.3) is 0 Å². The van der Waals surface area contributed by atoms with Crippen molar-refractivity contribution in [3.8, 4) is 0 Å². The number of hydrogen-bond donors (Lipinski definition) is 1. The lowest BCUT2D eigenvalue weighted by Gasteiger charge is -2.34. The number of rotatable bonds is 3. The second-order valence-electron chi connectivity index (χ2n) is 6.12. The molecule has 1 saturated carbocycles. The molecule has 0 bridgehead atoms. The highest BCUT2D eigenvalue weighted by Crippen LogP contribution is 2.45. The normalized spacial score (nSPS) is 28.1. The van der Waals surface area contributed by atoms with Gasteiger partial charge in [-0.1, -0.05) is 28.8 Å². The highest BCUT2D eigenvalue weighted by molar-refractivity contribution is 9.10. The smallest absolute Gasteiger partial charge is 0.124 e. The summed E-state index contributed by atoms with van der Waals surface area (Å²) in [5.41, 5.74) is 1.34. The number of hydrogen-bond acceptors (Lipinski definition) is 1. The topological polar surface area (TPSA) is 12.0 Å². The maximum absolute atomic E-state index is 13.6. The second kappa shape index (κ2) is 5.53. The third-order valence-corrected chi connectivity index (χ3v) is 5.04. The van der Waals surface area contributed by atoms with E-state index in [4.69, 9.17) is 0 Å². The number of halogens is 2. The Labute approximate surface area is 123 Å². The third kappa shape index (κ3) is 3.19. The highest BCUT2D eigenvalue weighted by Gasteiger charge is 2.44. The SMILES string of the molecule is Fc1cc(Br)cc(CC2(C3CC3)CCCCCN2)c1. The van der Waals surface area contributed by atoms with E-state index < -0.39 is 0 Å². The second-order valence-corrected chi connectivity index (χ2v) is 7.04. The monoisotopic (exact) mass is 325 g/mol. The maximum atomic E-state index is 13.6. The average molecular weight is 326 g/mol. The van der Waals surface area contributed by atoms with Crippen LogP contribution in [0.4, 0.5) is 4.39 Å². The van der Waals surface area contributed by atoms with E-state index in [2.05, 4.69) is 27.3 Å². The molecular formula is C16H21BrFN. The Kier molecular flexibility index (Phi) is 3.95. The zero-order chi connectivity index (χ0) is 13.3. The quantitative estimate of drug-likeness (QED) is 0.866. The molecule has 1 aromatic carbocycles. The van der Waals surface area contributed by atoms with Gasteiger partial charge in [-0.05, 0) is 68.3 Å². The van der Waals surface area contributed by atoms with Gasteiger partial charge in [0.2, 0.25) is 0 Å². The summed E-state index contributed by atoms with van der Waals surface area (Å²) in [5.74, 6) is 0.664. The summed E-state index contributed by atoms with van der Waals surface area (Å²) in [6.07, 6.45) is 8.79. The first kappa shape index (κ1) is 13.6. The molecule has 1 aliphatic heterocycles. The minimum atomic E-state index is -0.135. The van der Waals surface area contributed by atoms with Crippen LogP contribution >= 0.6 is 15.9 Å². The Hall–Kier alpha value is -0.410. The summed E-state index contributed by atoms with van der Waals surface area (Å²) in [6, 6.07) is 5.30. The molecule has 1 heterocycles. The van der Waals surface area contributed by atoms with Gasteiger partial charge in [0, 0.05) is 10.0 Å². The molecule has 2 fully saturated rings. The fraction of sp³-hybridized carbons (Fsp3) is 0.625. The Morgan fingerprint density at radius 3 is 2.79 bits per heavy atom. The molecule has 1 nitrogen and oxygen atoms in total. The molecule has 0 aromatic heterocycles. The Morgan fingerprint density at radius 2 is 2.05 bits per heavy atom. The summed E-state index contributed by atoms with van der Waals surface area (Å²) in [4.78, 5) is 0. The summed E-state index contributed by atoms with van der Waals surface area (Å²) in [7, 11) is 0. The lowest BCUT2D eigenvalue weighted by atomic mass is 9.82. The molecule has 19 heavy (non-hydrogen) atoms. The predicted octanol–water partition coefficient (Wildman–Crippen LogP) is 4.44. The average Bonchev–Trinajstić information content (AvgIpc) is 3.14. The van der Waals surface area contributed by atoms with Crippen molar-refractivity contribution < 1.29 is 4.39 Å². The van der Waals surface area contributed by atoms with Crippen molar-refractivity contribution >= 4 is 15.9 Å². The van der Waals surface area contributed by atoms with Gasteiger partial charge in [-0.25, -0.2) is 4.39 Å². The van der Waals surface area contributed by atoms with Crippen LogP contribution in [0.5, 0.6) is 0 Å². The summed E-state index contributed by atoms with van der Waals surface area (Å²) < 4.78 is 14.4. The van der Waals surface area contributed by atoms with E-state index in [-0.39, 0.29) is 11.4 Å². The van der Waals surface area contributed by atoms with Crippen LogP contribution in [0.25, 0.3) is 0 Å². The lowest BCUT2D eigenvalue weighted by Crippen LogP contribution is -2.48. The van der Waals surface area contributed by atoms with Crippen molar-refractivity contribution in [1.29, 1.82) is 0 Å². The van der Waals surface area contributed by atoms with Gasteiger partial charge in [-0.15, -0.1) is 0 Å². The molecule has 1 unspecified atom stereocenters. The molecule has 1 aliphatic carbocycles. The van der Waals surface area contributed by atoms with Gasteiger partial charge >= 0.3 is 0 Å². The summed E-state index contributed by atoms with van der Waals surface area (Å²) in [5, 5.41) is 3.81. The molecule has 3 rings (SSSR count). The minimum absolute atomic E-state index is 0.135. The van der Waals surface area contributed by atoms with Gasteiger partial charge in [0.15, 0.2) is 0 Å². The van der Waals surface area contributed by atoms with Gasteiger partial charge in [-0.3, -0.25) is 0 Å². The van der Waals surface area contributed by atoms with Crippen molar-refractivity contribution in [2.75, 3.05) is 6.54 Å². The van der Waals surface area contributed by atoms with E-state index in [1.165, 1.54) is 44.6 Å². The molecule has 1 saturated heterocycles. The molecule has 1 aromatic rings. The van der Waals surface area contributed by atoms with E-state index in [0.29, 0.717) is 0 Å². The van der Waals surface area contributed by atoms with Crippen LogP contribution < -0.4 is 5.32 Å². The van der Waals surface area contributed by atoms with Crippen LogP contribution in [0.15, 0.2) is 22.7 Å². The molecule has 1 atom stereocenters. The molecule has 2 aliphatic rings. The van der Waals surface area contributed by atoms with Gasteiger partial charge in [0.05, 0.1) is 0 Å². The maximum Gasteiger partial charge on any atom is 0.124 e. The van der Waals surface area contributed by atoms with Crippen LogP contribution in [0, 0.1) is 11.7 Å². The molecule has 0 radical (unpaired) electrons. The Morgan fingerprint density at radius 1 is 1.21 bits per heavy atom. The first-order chi connectivity index (χ1) is 9.18. The van der Waals surface area contributed by atoms with Gasteiger partial charge in [0.1, 0.15) is 5.82 Å².